The normalized spacial score (nSPS) is 21.4. The first-order valence-corrected chi connectivity index (χ1v) is 6.21. The minimum Gasteiger partial charge on any atom is -0.298 e. The van der Waals surface area contributed by atoms with Crippen LogP contribution in [0.15, 0.2) is 30.3 Å². The molecule has 0 radical (unpaired) electrons. The van der Waals surface area contributed by atoms with Crippen molar-refractivity contribution in [2.45, 2.75) is 38.8 Å². The molecular formula is C14H19NO2. The first-order chi connectivity index (χ1) is 8.27. The van der Waals surface area contributed by atoms with E-state index in [2.05, 4.69) is 0 Å². The molecule has 1 fully saturated rings. The summed E-state index contributed by atoms with van der Waals surface area (Å²) < 4.78 is 0. The van der Waals surface area contributed by atoms with Crippen LogP contribution in [-0.4, -0.2) is 23.4 Å². The van der Waals surface area contributed by atoms with Gasteiger partial charge in [-0.05, 0) is 31.7 Å². The lowest BCUT2D eigenvalue weighted by atomic mass is 10.0. The highest BCUT2D eigenvalue weighted by Gasteiger charge is 2.26. The molecule has 1 atom stereocenters. The van der Waals surface area contributed by atoms with Gasteiger partial charge in [0, 0.05) is 6.54 Å². The third kappa shape index (κ3) is 3.38. The number of benzene rings is 1. The molecule has 3 heteroatoms. The maximum Gasteiger partial charge on any atom is 0.149 e. The zero-order valence-corrected chi connectivity index (χ0v) is 10.3. The van der Waals surface area contributed by atoms with Crippen LogP contribution in [0.2, 0.25) is 0 Å². The van der Waals surface area contributed by atoms with Crippen LogP contribution in [0.3, 0.4) is 0 Å². The molecule has 0 saturated carbocycles. The summed E-state index contributed by atoms with van der Waals surface area (Å²) in [5.74, 6) is 0.206. The topological polar surface area (TPSA) is 29.5 Å². The lowest BCUT2D eigenvalue weighted by Crippen LogP contribution is -2.43. The van der Waals surface area contributed by atoms with Crippen LogP contribution in [-0.2, 0) is 16.2 Å². The monoisotopic (exact) mass is 233 g/mol. The van der Waals surface area contributed by atoms with E-state index in [4.69, 9.17) is 4.84 Å². The van der Waals surface area contributed by atoms with E-state index in [1.807, 2.05) is 35.4 Å². The van der Waals surface area contributed by atoms with E-state index in [1.54, 1.807) is 6.92 Å². The molecule has 17 heavy (non-hydrogen) atoms. The number of carbonyl (C=O) groups is 1. The summed E-state index contributed by atoms with van der Waals surface area (Å²) in [4.78, 5) is 17.3. The number of carbonyl (C=O) groups excluding carboxylic acids is 1. The van der Waals surface area contributed by atoms with Crippen LogP contribution in [0.4, 0.5) is 0 Å². The van der Waals surface area contributed by atoms with Crippen molar-refractivity contribution in [2.24, 2.45) is 0 Å². The number of hydroxylamine groups is 2. The fourth-order valence-corrected chi connectivity index (χ4v) is 2.20. The minimum atomic E-state index is -0.0486. The first-order valence-electron chi connectivity index (χ1n) is 6.21. The number of hydrogen-bond donors (Lipinski definition) is 0. The van der Waals surface area contributed by atoms with Gasteiger partial charge in [-0.1, -0.05) is 30.3 Å². The number of ketones is 1. The number of piperidine rings is 1. The Hall–Kier alpha value is -1.19. The van der Waals surface area contributed by atoms with Crippen molar-refractivity contribution >= 4 is 5.78 Å². The van der Waals surface area contributed by atoms with Crippen LogP contribution in [0.25, 0.3) is 0 Å². The summed E-state index contributed by atoms with van der Waals surface area (Å²) in [6, 6.07) is 10.0. The van der Waals surface area contributed by atoms with Crippen LogP contribution >= 0.6 is 0 Å². The lowest BCUT2D eigenvalue weighted by Gasteiger charge is -2.32. The van der Waals surface area contributed by atoms with E-state index in [0.717, 1.165) is 31.4 Å². The van der Waals surface area contributed by atoms with Crippen molar-refractivity contribution in [3.63, 3.8) is 0 Å². The highest BCUT2D eigenvalue weighted by atomic mass is 16.7. The van der Waals surface area contributed by atoms with Crippen LogP contribution < -0.4 is 0 Å². The maximum absolute atomic E-state index is 11.5. The first kappa shape index (κ1) is 12.3. The number of hydrogen-bond acceptors (Lipinski definition) is 3. The molecule has 1 aliphatic rings. The van der Waals surface area contributed by atoms with Crippen LogP contribution in [0.1, 0.15) is 31.7 Å². The average molecular weight is 233 g/mol. The molecule has 1 aromatic rings. The fourth-order valence-electron chi connectivity index (χ4n) is 2.20. The Morgan fingerprint density at radius 1 is 1.35 bits per heavy atom. The molecule has 3 nitrogen and oxygen atoms in total. The number of Topliss-reactive ketones (excluding diaryl/α,β-unsaturated/α-hetero) is 1. The van der Waals surface area contributed by atoms with Crippen molar-refractivity contribution in [1.82, 2.24) is 5.06 Å². The second-order valence-corrected chi connectivity index (χ2v) is 4.52. The molecule has 2 rings (SSSR count). The van der Waals surface area contributed by atoms with Gasteiger partial charge >= 0.3 is 0 Å². The molecular weight excluding hydrogens is 214 g/mol. The second-order valence-electron chi connectivity index (χ2n) is 4.52. The van der Waals surface area contributed by atoms with E-state index >= 15 is 0 Å². The fraction of sp³-hybridized carbons (Fsp3) is 0.500. The van der Waals surface area contributed by atoms with Gasteiger partial charge in [-0.25, -0.2) is 0 Å². The van der Waals surface area contributed by atoms with E-state index in [-0.39, 0.29) is 11.8 Å². The molecule has 1 unspecified atom stereocenters. The Labute approximate surface area is 102 Å². The molecule has 1 saturated heterocycles. The van der Waals surface area contributed by atoms with Gasteiger partial charge in [0.25, 0.3) is 0 Å². The summed E-state index contributed by atoms with van der Waals surface area (Å²) in [7, 11) is 0. The Kier molecular flexibility index (Phi) is 4.29. The predicted octanol–water partition coefficient (Wildman–Crippen LogP) is 2.56. The van der Waals surface area contributed by atoms with Gasteiger partial charge in [0.1, 0.15) is 5.78 Å². The quantitative estimate of drug-likeness (QED) is 0.800. The van der Waals surface area contributed by atoms with Gasteiger partial charge in [-0.15, -0.1) is 0 Å². The van der Waals surface area contributed by atoms with E-state index < -0.39 is 0 Å². The summed E-state index contributed by atoms with van der Waals surface area (Å²) in [5.41, 5.74) is 1.14. The van der Waals surface area contributed by atoms with Gasteiger partial charge < -0.3 is 0 Å². The van der Waals surface area contributed by atoms with Crippen LogP contribution in [0.5, 0.6) is 0 Å². The minimum absolute atomic E-state index is 0.0486. The Balaban J connectivity index is 1.90. The lowest BCUT2D eigenvalue weighted by molar-refractivity contribution is -0.206. The highest BCUT2D eigenvalue weighted by Crippen LogP contribution is 2.19. The van der Waals surface area contributed by atoms with E-state index in [0.29, 0.717) is 6.61 Å². The average Bonchev–Trinajstić information content (AvgIpc) is 2.38. The zero-order chi connectivity index (χ0) is 12.1. The van der Waals surface area contributed by atoms with Crippen molar-refractivity contribution in [3.05, 3.63) is 35.9 Å². The smallest absolute Gasteiger partial charge is 0.149 e. The largest absolute Gasteiger partial charge is 0.298 e. The molecule has 0 amide bonds. The number of rotatable bonds is 4. The van der Waals surface area contributed by atoms with E-state index in [1.165, 1.54) is 0 Å². The van der Waals surface area contributed by atoms with Gasteiger partial charge in [-0.2, -0.15) is 5.06 Å². The molecule has 0 aromatic heterocycles. The van der Waals surface area contributed by atoms with Crippen molar-refractivity contribution in [1.29, 1.82) is 0 Å². The SMILES string of the molecule is CC(=O)C1CCCCN1OCc1ccccc1. The highest BCUT2D eigenvalue weighted by molar-refractivity contribution is 5.81. The van der Waals surface area contributed by atoms with Gasteiger partial charge in [-0.3, -0.25) is 9.63 Å². The summed E-state index contributed by atoms with van der Waals surface area (Å²) >= 11 is 0. The molecule has 0 bridgehead atoms. The molecule has 1 heterocycles. The third-order valence-electron chi connectivity index (χ3n) is 3.16. The summed E-state index contributed by atoms with van der Waals surface area (Å²) in [6.45, 7) is 3.05. The molecule has 0 aliphatic carbocycles. The maximum atomic E-state index is 11.5. The molecule has 92 valence electrons. The van der Waals surface area contributed by atoms with Crippen molar-refractivity contribution in [2.75, 3.05) is 6.54 Å². The van der Waals surface area contributed by atoms with Crippen molar-refractivity contribution in [3.8, 4) is 0 Å². The third-order valence-corrected chi connectivity index (χ3v) is 3.16. The van der Waals surface area contributed by atoms with Gasteiger partial charge in [0.05, 0.1) is 12.6 Å². The molecule has 1 aliphatic heterocycles. The zero-order valence-electron chi connectivity index (χ0n) is 10.3. The standard InChI is InChI=1S/C14H19NO2/c1-12(16)14-9-5-6-10-15(14)17-11-13-7-3-2-4-8-13/h2-4,7-8,14H,5-6,9-11H2,1H3. The summed E-state index contributed by atoms with van der Waals surface area (Å²) in [5, 5.41) is 1.86. The van der Waals surface area contributed by atoms with Crippen molar-refractivity contribution < 1.29 is 9.63 Å². The Morgan fingerprint density at radius 2 is 2.12 bits per heavy atom. The summed E-state index contributed by atoms with van der Waals surface area (Å²) in [6.07, 6.45) is 3.15. The van der Waals surface area contributed by atoms with Gasteiger partial charge in [0.2, 0.25) is 0 Å². The number of nitrogens with zero attached hydrogens (tertiary/aromatic N) is 1. The molecule has 0 N–H and O–H groups in total. The Bertz CT molecular complexity index is 364. The second kappa shape index (κ2) is 5.94. The Morgan fingerprint density at radius 3 is 2.82 bits per heavy atom. The molecule has 0 spiro atoms. The van der Waals surface area contributed by atoms with Crippen LogP contribution in [0, 0.1) is 0 Å². The van der Waals surface area contributed by atoms with Gasteiger partial charge in [0.15, 0.2) is 0 Å². The molecule has 1 aromatic carbocycles. The van der Waals surface area contributed by atoms with E-state index in [9.17, 15) is 4.79 Å². The predicted molar refractivity (Wildman–Crippen MR) is 66.3 cm³/mol.